The van der Waals surface area contributed by atoms with Crippen LogP contribution in [0.4, 0.5) is 0 Å². The maximum Gasteiger partial charge on any atom is 0.307 e. The molecule has 1 aromatic carbocycles. The first-order valence-corrected chi connectivity index (χ1v) is 6.67. The lowest BCUT2D eigenvalue weighted by Gasteiger charge is -2.11. The van der Waals surface area contributed by atoms with Gasteiger partial charge in [0.25, 0.3) is 0 Å². The average molecular weight is 272 g/mol. The molecular weight excluding hydrogens is 256 g/mol. The number of aliphatic carboxylic acids is 1. The van der Waals surface area contributed by atoms with Crippen molar-refractivity contribution < 1.29 is 14.3 Å². The lowest BCUT2D eigenvalue weighted by atomic mass is 10.1. The summed E-state index contributed by atoms with van der Waals surface area (Å²) in [5.41, 5.74) is 0.996. The van der Waals surface area contributed by atoms with Gasteiger partial charge in [0.2, 0.25) is 5.89 Å². The summed E-state index contributed by atoms with van der Waals surface area (Å²) < 4.78 is 5.73. The van der Waals surface area contributed by atoms with E-state index in [9.17, 15) is 4.79 Å². The molecule has 1 aliphatic heterocycles. The normalized spacial score (nSPS) is 19.3. The molecule has 1 unspecified atom stereocenters. The van der Waals surface area contributed by atoms with Crippen molar-refractivity contribution in [2.45, 2.75) is 13.0 Å². The highest BCUT2D eigenvalue weighted by Gasteiger charge is 2.28. The molecule has 5 nitrogen and oxygen atoms in total. The van der Waals surface area contributed by atoms with E-state index < -0.39 is 5.97 Å². The number of likely N-dealkylation sites (tertiary alicyclic amines) is 1. The van der Waals surface area contributed by atoms with Crippen LogP contribution in [0.3, 0.4) is 0 Å². The number of oxazole rings is 1. The van der Waals surface area contributed by atoms with Gasteiger partial charge < -0.3 is 9.52 Å². The lowest BCUT2D eigenvalue weighted by Crippen LogP contribution is -2.22. The summed E-state index contributed by atoms with van der Waals surface area (Å²) in [6.07, 6.45) is 2.41. The third-order valence-electron chi connectivity index (χ3n) is 3.59. The van der Waals surface area contributed by atoms with Crippen molar-refractivity contribution in [1.82, 2.24) is 9.88 Å². The molecule has 1 atom stereocenters. The van der Waals surface area contributed by atoms with Crippen molar-refractivity contribution in [3.8, 4) is 11.3 Å². The van der Waals surface area contributed by atoms with Crippen LogP contribution in [0, 0.1) is 5.92 Å². The number of hydrogen-bond acceptors (Lipinski definition) is 4. The van der Waals surface area contributed by atoms with Crippen LogP contribution in [0.15, 0.2) is 40.9 Å². The SMILES string of the molecule is O=C(O)C1CCN(Cc2ncc(-c3ccccc3)o2)C1. The zero-order valence-corrected chi connectivity index (χ0v) is 11.0. The minimum Gasteiger partial charge on any atom is -0.481 e. The van der Waals surface area contributed by atoms with Gasteiger partial charge in [-0.2, -0.15) is 0 Å². The van der Waals surface area contributed by atoms with Crippen LogP contribution in [0.1, 0.15) is 12.3 Å². The molecule has 2 heterocycles. The zero-order chi connectivity index (χ0) is 13.9. The Hall–Kier alpha value is -2.14. The Morgan fingerprint density at radius 3 is 2.90 bits per heavy atom. The number of benzene rings is 1. The summed E-state index contributed by atoms with van der Waals surface area (Å²) in [5, 5.41) is 8.98. The molecule has 104 valence electrons. The van der Waals surface area contributed by atoms with E-state index in [1.54, 1.807) is 6.20 Å². The fourth-order valence-corrected chi connectivity index (χ4v) is 2.49. The monoisotopic (exact) mass is 272 g/mol. The highest BCUT2D eigenvalue weighted by atomic mass is 16.4. The summed E-state index contributed by atoms with van der Waals surface area (Å²) in [4.78, 5) is 17.3. The molecule has 0 bridgehead atoms. The molecule has 3 rings (SSSR count). The highest BCUT2D eigenvalue weighted by molar-refractivity contribution is 5.70. The van der Waals surface area contributed by atoms with Crippen LogP contribution in [0.2, 0.25) is 0 Å². The summed E-state index contributed by atoms with van der Waals surface area (Å²) in [6.45, 7) is 1.91. The van der Waals surface area contributed by atoms with Crippen LogP contribution in [0.25, 0.3) is 11.3 Å². The van der Waals surface area contributed by atoms with E-state index in [0.717, 1.165) is 17.9 Å². The van der Waals surface area contributed by atoms with E-state index in [0.29, 0.717) is 25.4 Å². The highest BCUT2D eigenvalue weighted by Crippen LogP contribution is 2.22. The number of carboxylic acids is 1. The molecule has 5 heteroatoms. The van der Waals surface area contributed by atoms with Gasteiger partial charge in [0.15, 0.2) is 5.76 Å². The Labute approximate surface area is 116 Å². The number of hydrogen-bond donors (Lipinski definition) is 1. The molecule has 0 aliphatic carbocycles. The van der Waals surface area contributed by atoms with E-state index in [-0.39, 0.29) is 5.92 Å². The number of aromatic nitrogens is 1. The van der Waals surface area contributed by atoms with Crippen molar-refractivity contribution >= 4 is 5.97 Å². The minimum absolute atomic E-state index is 0.265. The van der Waals surface area contributed by atoms with E-state index in [1.807, 2.05) is 30.3 Å². The maximum atomic E-state index is 10.9. The van der Waals surface area contributed by atoms with Crippen LogP contribution >= 0.6 is 0 Å². The molecule has 1 aromatic heterocycles. The van der Waals surface area contributed by atoms with Gasteiger partial charge in [0, 0.05) is 12.1 Å². The van der Waals surface area contributed by atoms with Gasteiger partial charge in [-0.25, -0.2) is 4.98 Å². The first kappa shape index (κ1) is 12.9. The van der Waals surface area contributed by atoms with Gasteiger partial charge in [-0.3, -0.25) is 9.69 Å². The maximum absolute atomic E-state index is 10.9. The molecular formula is C15H16N2O3. The standard InChI is InChI=1S/C15H16N2O3/c18-15(19)12-6-7-17(9-12)10-14-16-8-13(20-14)11-4-2-1-3-5-11/h1-5,8,12H,6-7,9-10H2,(H,18,19). The second-order valence-electron chi connectivity index (χ2n) is 5.04. The molecule has 0 amide bonds. The van der Waals surface area contributed by atoms with Crippen LogP contribution in [-0.4, -0.2) is 34.0 Å². The molecule has 1 saturated heterocycles. The topological polar surface area (TPSA) is 66.6 Å². The minimum atomic E-state index is -0.718. The number of carboxylic acid groups (broad SMARTS) is 1. The molecule has 0 saturated carbocycles. The smallest absolute Gasteiger partial charge is 0.307 e. The number of nitrogens with zero attached hydrogens (tertiary/aromatic N) is 2. The third-order valence-corrected chi connectivity index (χ3v) is 3.59. The van der Waals surface area contributed by atoms with Crippen molar-refractivity contribution in [3.05, 3.63) is 42.4 Å². The van der Waals surface area contributed by atoms with Crippen molar-refractivity contribution in [2.75, 3.05) is 13.1 Å². The second-order valence-corrected chi connectivity index (χ2v) is 5.04. The third kappa shape index (κ3) is 2.72. The van der Waals surface area contributed by atoms with Crippen molar-refractivity contribution in [1.29, 1.82) is 0 Å². The predicted molar refractivity (Wildman–Crippen MR) is 73.0 cm³/mol. The Morgan fingerprint density at radius 2 is 2.20 bits per heavy atom. The fourth-order valence-electron chi connectivity index (χ4n) is 2.49. The summed E-state index contributed by atoms with van der Waals surface area (Å²) in [5.74, 6) is 0.396. The zero-order valence-electron chi connectivity index (χ0n) is 11.0. The molecule has 0 radical (unpaired) electrons. The van der Waals surface area contributed by atoms with Gasteiger partial charge in [-0.15, -0.1) is 0 Å². The Kier molecular flexibility index (Phi) is 3.52. The second kappa shape index (κ2) is 5.46. The molecule has 20 heavy (non-hydrogen) atoms. The largest absolute Gasteiger partial charge is 0.481 e. The Balaban J connectivity index is 1.65. The number of carbonyl (C=O) groups is 1. The summed E-state index contributed by atoms with van der Waals surface area (Å²) >= 11 is 0. The van der Waals surface area contributed by atoms with E-state index in [1.165, 1.54) is 0 Å². The predicted octanol–water partition coefficient (Wildman–Crippen LogP) is 2.25. The molecule has 1 aliphatic rings. The number of rotatable bonds is 4. The first-order valence-electron chi connectivity index (χ1n) is 6.67. The lowest BCUT2D eigenvalue weighted by molar-refractivity contribution is -0.141. The Bertz CT molecular complexity index is 594. The van der Waals surface area contributed by atoms with Crippen LogP contribution in [0.5, 0.6) is 0 Å². The Morgan fingerprint density at radius 1 is 1.40 bits per heavy atom. The fraction of sp³-hybridized carbons (Fsp3) is 0.333. The van der Waals surface area contributed by atoms with E-state index >= 15 is 0 Å². The van der Waals surface area contributed by atoms with Gasteiger partial charge >= 0.3 is 5.97 Å². The van der Waals surface area contributed by atoms with Crippen molar-refractivity contribution in [2.24, 2.45) is 5.92 Å². The van der Waals surface area contributed by atoms with Gasteiger partial charge in [0.1, 0.15) is 0 Å². The molecule has 2 aromatic rings. The van der Waals surface area contributed by atoms with Crippen LogP contribution < -0.4 is 0 Å². The summed E-state index contributed by atoms with van der Waals surface area (Å²) in [6, 6.07) is 9.81. The van der Waals surface area contributed by atoms with E-state index in [2.05, 4.69) is 9.88 Å². The van der Waals surface area contributed by atoms with Crippen LogP contribution in [-0.2, 0) is 11.3 Å². The van der Waals surface area contributed by atoms with E-state index in [4.69, 9.17) is 9.52 Å². The van der Waals surface area contributed by atoms with Gasteiger partial charge in [0.05, 0.1) is 18.7 Å². The first-order chi connectivity index (χ1) is 9.72. The summed E-state index contributed by atoms with van der Waals surface area (Å²) in [7, 11) is 0. The molecule has 1 fully saturated rings. The van der Waals surface area contributed by atoms with Gasteiger partial charge in [-0.1, -0.05) is 30.3 Å². The van der Waals surface area contributed by atoms with Crippen molar-refractivity contribution in [3.63, 3.8) is 0 Å². The quantitative estimate of drug-likeness (QED) is 0.924. The van der Waals surface area contributed by atoms with Gasteiger partial charge in [-0.05, 0) is 13.0 Å². The molecule has 1 N–H and O–H groups in total. The average Bonchev–Trinajstić information content (AvgIpc) is 3.10. The molecule has 0 spiro atoms.